The first-order chi connectivity index (χ1) is 18.5. The van der Waals surface area contributed by atoms with E-state index in [-0.39, 0.29) is 32.7 Å². The number of nitrogens with two attached hydrogens (primary N) is 1. The van der Waals surface area contributed by atoms with E-state index in [0.29, 0.717) is 39.6 Å². The Morgan fingerprint density at radius 3 is 1.53 bits per heavy atom. The Morgan fingerprint density at radius 1 is 0.658 bits per heavy atom. The average Bonchev–Trinajstić information content (AvgIpc) is 2.88. The second-order valence-electron chi connectivity index (χ2n) is 8.87. The molecule has 0 unspecified atom stereocenters. The van der Waals surface area contributed by atoms with Crippen LogP contribution >= 0.6 is 12.6 Å². The number of carbonyl (C=O) groups excluding carboxylic acids is 2. The summed E-state index contributed by atoms with van der Waals surface area (Å²) < 4.78 is 27.0. The van der Waals surface area contributed by atoms with Gasteiger partial charge >= 0.3 is 5.97 Å². The van der Waals surface area contributed by atoms with Crippen molar-refractivity contribution in [1.29, 1.82) is 0 Å². The summed E-state index contributed by atoms with van der Waals surface area (Å²) in [7, 11) is 0. The van der Waals surface area contributed by atoms with Crippen LogP contribution in [0.1, 0.15) is 70.6 Å². The molecule has 0 spiro atoms. The number of nitrogens with one attached hydrogen (secondary N) is 1. The SMILES string of the molecule is NC(=O)CC[C@H](NC(=O)COCCOCCOCCOCCOCCCCCCCCCCCS)C(=O)O. The lowest BCUT2D eigenvalue weighted by atomic mass is 10.1. The van der Waals surface area contributed by atoms with Crippen molar-refractivity contribution < 1.29 is 43.2 Å². The van der Waals surface area contributed by atoms with Crippen molar-refractivity contribution in [1.82, 2.24) is 5.32 Å². The van der Waals surface area contributed by atoms with E-state index in [1.807, 2.05) is 0 Å². The molecule has 0 aromatic heterocycles. The first-order valence-corrected chi connectivity index (χ1v) is 14.4. The fraction of sp³-hybridized carbons (Fsp3) is 0.885. The zero-order valence-corrected chi connectivity index (χ0v) is 23.8. The number of rotatable bonds is 30. The third-order valence-corrected chi connectivity index (χ3v) is 5.80. The van der Waals surface area contributed by atoms with Crippen LogP contribution in [0.3, 0.4) is 0 Å². The van der Waals surface area contributed by atoms with Gasteiger partial charge in [0.15, 0.2) is 0 Å². The number of carboxylic acids is 1. The van der Waals surface area contributed by atoms with Crippen LogP contribution in [-0.4, -0.2) is 101 Å². The summed E-state index contributed by atoms with van der Waals surface area (Å²) in [4.78, 5) is 33.6. The number of amides is 2. The summed E-state index contributed by atoms with van der Waals surface area (Å²) in [5.74, 6) is -1.45. The first-order valence-electron chi connectivity index (χ1n) is 13.8. The third kappa shape index (κ3) is 27.6. The number of primary amides is 1. The number of carboxylic acid groups (broad SMARTS) is 1. The molecule has 0 saturated heterocycles. The number of unbranched alkanes of at least 4 members (excludes halogenated alkanes) is 8. The van der Waals surface area contributed by atoms with Crippen molar-refractivity contribution >= 4 is 30.4 Å². The maximum absolute atomic E-state index is 11.7. The molecule has 1 atom stereocenters. The lowest BCUT2D eigenvalue weighted by Gasteiger charge is -2.13. The minimum atomic E-state index is -1.24. The van der Waals surface area contributed by atoms with Crippen molar-refractivity contribution in [2.75, 3.05) is 71.8 Å². The zero-order valence-electron chi connectivity index (χ0n) is 22.9. The molecule has 2 amide bonds. The van der Waals surface area contributed by atoms with Crippen molar-refractivity contribution in [2.24, 2.45) is 5.73 Å². The summed E-state index contributed by atoms with van der Waals surface area (Å²) in [5.41, 5.74) is 4.99. The smallest absolute Gasteiger partial charge is 0.326 e. The molecule has 224 valence electrons. The summed E-state index contributed by atoms with van der Waals surface area (Å²) in [6.45, 7) is 3.82. The molecule has 4 N–H and O–H groups in total. The molecule has 0 bridgehead atoms. The molecule has 38 heavy (non-hydrogen) atoms. The van der Waals surface area contributed by atoms with Crippen LogP contribution in [-0.2, 0) is 38.1 Å². The van der Waals surface area contributed by atoms with E-state index in [0.717, 1.165) is 18.8 Å². The number of thiol groups is 1. The van der Waals surface area contributed by atoms with E-state index in [9.17, 15) is 14.4 Å². The van der Waals surface area contributed by atoms with E-state index in [1.165, 1.54) is 51.4 Å². The van der Waals surface area contributed by atoms with Gasteiger partial charge in [-0.2, -0.15) is 12.6 Å². The summed E-state index contributed by atoms with van der Waals surface area (Å²) in [6, 6.07) is -1.18. The van der Waals surface area contributed by atoms with Crippen LogP contribution in [0.2, 0.25) is 0 Å². The molecule has 0 aromatic carbocycles. The molecule has 0 rings (SSSR count). The highest BCUT2D eigenvalue weighted by Crippen LogP contribution is 2.10. The van der Waals surface area contributed by atoms with Crippen LogP contribution in [0.25, 0.3) is 0 Å². The van der Waals surface area contributed by atoms with Gasteiger partial charge in [0, 0.05) is 13.0 Å². The summed E-state index contributed by atoms with van der Waals surface area (Å²) in [6.07, 6.45) is 11.3. The van der Waals surface area contributed by atoms with Gasteiger partial charge < -0.3 is 39.8 Å². The Bertz CT molecular complexity index is 585. The molecule has 12 heteroatoms. The van der Waals surface area contributed by atoms with Crippen molar-refractivity contribution in [2.45, 2.75) is 76.7 Å². The first kappa shape index (κ1) is 36.6. The lowest BCUT2D eigenvalue weighted by Crippen LogP contribution is -2.43. The van der Waals surface area contributed by atoms with Crippen LogP contribution < -0.4 is 11.1 Å². The summed E-state index contributed by atoms with van der Waals surface area (Å²) >= 11 is 4.23. The highest BCUT2D eigenvalue weighted by Gasteiger charge is 2.20. The normalized spacial score (nSPS) is 11.9. The Kier molecular flexibility index (Phi) is 27.5. The number of carbonyl (C=O) groups is 3. The topological polar surface area (TPSA) is 156 Å². The zero-order chi connectivity index (χ0) is 28.1. The van der Waals surface area contributed by atoms with Gasteiger partial charge in [-0.05, 0) is 25.0 Å². The largest absolute Gasteiger partial charge is 0.480 e. The lowest BCUT2D eigenvalue weighted by molar-refractivity contribution is -0.143. The van der Waals surface area contributed by atoms with Crippen molar-refractivity contribution in [3.05, 3.63) is 0 Å². The predicted molar refractivity (Wildman–Crippen MR) is 147 cm³/mol. The minimum absolute atomic E-state index is 0.0730. The number of hydrogen-bond acceptors (Lipinski definition) is 9. The van der Waals surface area contributed by atoms with E-state index in [1.54, 1.807) is 0 Å². The number of ether oxygens (including phenoxy) is 5. The molecule has 0 fully saturated rings. The number of aliphatic carboxylic acids is 1. The maximum atomic E-state index is 11.7. The second-order valence-corrected chi connectivity index (χ2v) is 9.32. The third-order valence-electron chi connectivity index (χ3n) is 5.48. The fourth-order valence-electron chi connectivity index (χ4n) is 3.38. The van der Waals surface area contributed by atoms with Gasteiger partial charge in [-0.25, -0.2) is 4.79 Å². The fourth-order valence-corrected chi connectivity index (χ4v) is 3.60. The molecule has 0 saturated carbocycles. The van der Waals surface area contributed by atoms with Gasteiger partial charge in [0.05, 0.1) is 52.9 Å². The van der Waals surface area contributed by atoms with Gasteiger partial charge in [0.1, 0.15) is 12.6 Å². The van der Waals surface area contributed by atoms with E-state index in [2.05, 4.69) is 17.9 Å². The molecule has 0 aliphatic carbocycles. The van der Waals surface area contributed by atoms with Gasteiger partial charge in [-0.1, -0.05) is 44.9 Å². The van der Waals surface area contributed by atoms with Crippen LogP contribution in [0.15, 0.2) is 0 Å². The molecule has 0 aromatic rings. The molecular weight excluding hydrogens is 516 g/mol. The second kappa shape index (κ2) is 28.6. The Balaban J connectivity index is 3.29. The van der Waals surface area contributed by atoms with E-state index < -0.39 is 23.8 Å². The predicted octanol–water partition coefficient (Wildman–Crippen LogP) is 2.35. The highest BCUT2D eigenvalue weighted by atomic mass is 32.1. The maximum Gasteiger partial charge on any atom is 0.326 e. The van der Waals surface area contributed by atoms with Gasteiger partial charge in [-0.15, -0.1) is 0 Å². The van der Waals surface area contributed by atoms with E-state index >= 15 is 0 Å². The summed E-state index contributed by atoms with van der Waals surface area (Å²) in [5, 5.41) is 11.3. The molecule has 0 radical (unpaired) electrons. The molecule has 0 heterocycles. The average molecular weight is 567 g/mol. The van der Waals surface area contributed by atoms with Crippen LogP contribution in [0.4, 0.5) is 0 Å². The Hall–Kier alpha value is -1.44. The Morgan fingerprint density at radius 2 is 1.08 bits per heavy atom. The van der Waals surface area contributed by atoms with E-state index in [4.69, 9.17) is 34.5 Å². The minimum Gasteiger partial charge on any atom is -0.480 e. The van der Waals surface area contributed by atoms with Crippen molar-refractivity contribution in [3.63, 3.8) is 0 Å². The monoisotopic (exact) mass is 566 g/mol. The van der Waals surface area contributed by atoms with Gasteiger partial charge in [0.25, 0.3) is 0 Å². The van der Waals surface area contributed by atoms with Crippen LogP contribution in [0.5, 0.6) is 0 Å². The van der Waals surface area contributed by atoms with Gasteiger partial charge in [-0.3, -0.25) is 9.59 Å². The standard InChI is InChI=1S/C26H50N2O9S/c27-24(29)11-10-23(26(31)32)28-25(30)22-37-20-19-36-18-17-35-16-15-34-14-13-33-12-8-6-4-2-1-3-5-7-9-21-38/h23,38H,1-22H2,(H2,27,29)(H,28,30)(H,31,32)/t23-/m0/s1. The molecule has 0 aliphatic rings. The van der Waals surface area contributed by atoms with Crippen LogP contribution in [0, 0.1) is 0 Å². The van der Waals surface area contributed by atoms with Crippen molar-refractivity contribution in [3.8, 4) is 0 Å². The molecular formula is C26H50N2O9S. The quantitative estimate of drug-likeness (QED) is 0.0757. The highest BCUT2D eigenvalue weighted by molar-refractivity contribution is 7.80. The molecule has 11 nitrogen and oxygen atoms in total. The molecule has 0 aliphatic heterocycles. The Labute approximate surface area is 233 Å². The number of hydrogen-bond donors (Lipinski definition) is 4. The van der Waals surface area contributed by atoms with Gasteiger partial charge in [0.2, 0.25) is 11.8 Å².